The first-order valence-electron chi connectivity index (χ1n) is 4.20. The van der Waals surface area contributed by atoms with Gasteiger partial charge in [-0.2, -0.15) is 0 Å². The van der Waals surface area contributed by atoms with Crippen LogP contribution in [-0.4, -0.2) is 47.0 Å². The van der Waals surface area contributed by atoms with E-state index in [1.165, 1.54) is 0 Å². The molecule has 1 aliphatic rings. The summed E-state index contributed by atoms with van der Waals surface area (Å²) in [4.78, 5) is 2.10. The zero-order chi connectivity index (χ0) is 8.32. The fraction of sp³-hybridized carbons (Fsp3) is 1.00. The third kappa shape index (κ3) is 2.77. The maximum Gasteiger partial charge on any atom is 0.0746 e. The highest BCUT2D eigenvalue weighted by Crippen LogP contribution is 2.19. The van der Waals surface area contributed by atoms with Gasteiger partial charge in [0.25, 0.3) is 0 Å². The molecule has 0 aromatic carbocycles. The summed E-state index contributed by atoms with van der Waals surface area (Å²) in [6.45, 7) is 4.45. The lowest BCUT2D eigenvalue weighted by Gasteiger charge is -2.36. The molecule has 0 aliphatic carbocycles. The molecule has 11 heavy (non-hydrogen) atoms. The van der Waals surface area contributed by atoms with E-state index in [4.69, 9.17) is 5.11 Å². The number of likely N-dealkylation sites (tertiary alicyclic amines) is 1. The van der Waals surface area contributed by atoms with E-state index < -0.39 is 5.60 Å². The minimum atomic E-state index is -0.534. The Morgan fingerprint density at radius 1 is 1.55 bits per heavy atom. The predicted molar refractivity (Wildman–Crippen MR) is 43.4 cm³/mol. The van der Waals surface area contributed by atoms with Crippen LogP contribution < -0.4 is 0 Å². The molecule has 0 radical (unpaired) electrons. The largest absolute Gasteiger partial charge is 0.395 e. The van der Waals surface area contributed by atoms with Crippen molar-refractivity contribution >= 4 is 0 Å². The van der Waals surface area contributed by atoms with Crippen molar-refractivity contribution < 1.29 is 10.2 Å². The lowest BCUT2D eigenvalue weighted by Crippen LogP contribution is -2.46. The second-order valence-corrected chi connectivity index (χ2v) is 3.60. The lowest BCUT2D eigenvalue weighted by atomic mass is 9.95. The number of nitrogens with zero attached hydrogens (tertiary/aromatic N) is 1. The Labute approximate surface area is 67.6 Å². The van der Waals surface area contributed by atoms with Crippen molar-refractivity contribution in [2.75, 3.05) is 26.2 Å². The van der Waals surface area contributed by atoms with Crippen LogP contribution in [0.15, 0.2) is 0 Å². The van der Waals surface area contributed by atoms with Crippen molar-refractivity contribution in [3.63, 3.8) is 0 Å². The third-order valence-electron chi connectivity index (χ3n) is 2.17. The maximum atomic E-state index is 9.65. The summed E-state index contributed by atoms with van der Waals surface area (Å²) in [6, 6.07) is 0. The van der Waals surface area contributed by atoms with E-state index in [9.17, 15) is 5.11 Å². The van der Waals surface area contributed by atoms with E-state index in [0.29, 0.717) is 13.1 Å². The van der Waals surface area contributed by atoms with Crippen LogP contribution in [0.4, 0.5) is 0 Å². The molecule has 1 rings (SSSR count). The zero-order valence-electron chi connectivity index (χ0n) is 7.08. The van der Waals surface area contributed by atoms with Gasteiger partial charge in [-0.05, 0) is 26.3 Å². The van der Waals surface area contributed by atoms with Gasteiger partial charge in [0.05, 0.1) is 12.2 Å². The van der Waals surface area contributed by atoms with E-state index in [-0.39, 0.29) is 6.61 Å². The standard InChI is InChI=1S/C8H17NO2/c1-8(11)3-2-4-9(7-8)5-6-10/h10-11H,2-7H2,1H3. The molecule has 3 heteroatoms. The minimum absolute atomic E-state index is 0.191. The van der Waals surface area contributed by atoms with Crippen molar-refractivity contribution in [3.8, 4) is 0 Å². The zero-order valence-corrected chi connectivity index (χ0v) is 7.08. The van der Waals surface area contributed by atoms with Crippen molar-refractivity contribution in [2.45, 2.75) is 25.4 Å². The Balaban J connectivity index is 2.34. The molecular formula is C8H17NO2. The van der Waals surface area contributed by atoms with Crippen LogP contribution in [0.5, 0.6) is 0 Å². The molecule has 1 atom stereocenters. The number of aliphatic hydroxyl groups is 2. The SMILES string of the molecule is CC1(O)CCCN(CCO)C1. The smallest absolute Gasteiger partial charge is 0.0746 e. The van der Waals surface area contributed by atoms with Crippen LogP contribution in [-0.2, 0) is 0 Å². The summed E-state index contributed by atoms with van der Waals surface area (Å²) in [5.74, 6) is 0. The van der Waals surface area contributed by atoms with Crippen LogP contribution in [0.2, 0.25) is 0 Å². The van der Waals surface area contributed by atoms with Gasteiger partial charge in [-0.25, -0.2) is 0 Å². The molecular weight excluding hydrogens is 142 g/mol. The molecule has 1 heterocycles. The fourth-order valence-electron chi connectivity index (χ4n) is 1.66. The highest BCUT2D eigenvalue weighted by atomic mass is 16.3. The lowest BCUT2D eigenvalue weighted by molar-refractivity contribution is -0.0192. The molecule has 66 valence electrons. The van der Waals surface area contributed by atoms with Crippen LogP contribution in [0.25, 0.3) is 0 Å². The van der Waals surface area contributed by atoms with E-state index >= 15 is 0 Å². The predicted octanol–water partition coefficient (Wildman–Crippen LogP) is -0.175. The van der Waals surface area contributed by atoms with Gasteiger partial charge in [0.2, 0.25) is 0 Å². The van der Waals surface area contributed by atoms with Gasteiger partial charge in [0.15, 0.2) is 0 Å². The molecule has 0 bridgehead atoms. The number of rotatable bonds is 2. The summed E-state index contributed by atoms with van der Waals surface area (Å²) in [6.07, 6.45) is 1.92. The van der Waals surface area contributed by atoms with E-state index in [1.54, 1.807) is 0 Å². The number of hydrogen-bond acceptors (Lipinski definition) is 3. The van der Waals surface area contributed by atoms with Crippen LogP contribution in [0.1, 0.15) is 19.8 Å². The monoisotopic (exact) mass is 159 g/mol. The summed E-state index contributed by atoms with van der Waals surface area (Å²) >= 11 is 0. The highest BCUT2D eigenvalue weighted by molar-refractivity contribution is 4.82. The Bertz CT molecular complexity index is 123. The molecule has 1 fully saturated rings. The first-order chi connectivity index (χ1) is 5.14. The molecule has 2 N–H and O–H groups in total. The molecule has 1 saturated heterocycles. The summed E-state index contributed by atoms with van der Waals surface area (Å²) < 4.78 is 0. The Morgan fingerprint density at radius 3 is 2.82 bits per heavy atom. The maximum absolute atomic E-state index is 9.65. The van der Waals surface area contributed by atoms with E-state index in [2.05, 4.69) is 4.90 Å². The first-order valence-corrected chi connectivity index (χ1v) is 4.20. The molecule has 0 spiro atoms. The van der Waals surface area contributed by atoms with Crippen molar-refractivity contribution in [3.05, 3.63) is 0 Å². The number of hydrogen-bond donors (Lipinski definition) is 2. The fourth-order valence-corrected chi connectivity index (χ4v) is 1.66. The Kier molecular flexibility index (Phi) is 2.87. The van der Waals surface area contributed by atoms with E-state index in [0.717, 1.165) is 19.4 Å². The normalized spacial score (nSPS) is 34.1. The molecule has 3 nitrogen and oxygen atoms in total. The third-order valence-corrected chi connectivity index (χ3v) is 2.17. The second kappa shape index (κ2) is 3.52. The molecule has 0 aromatic rings. The number of β-amino-alcohol motifs (C(OH)–C–C–N with tert-alkyl or cyclic N) is 2. The summed E-state index contributed by atoms with van der Waals surface area (Å²) in [7, 11) is 0. The average molecular weight is 159 g/mol. The first kappa shape index (κ1) is 8.97. The Hall–Kier alpha value is -0.120. The van der Waals surface area contributed by atoms with Crippen molar-refractivity contribution in [1.82, 2.24) is 4.90 Å². The quantitative estimate of drug-likeness (QED) is 0.587. The second-order valence-electron chi connectivity index (χ2n) is 3.60. The van der Waals surface area contributed by atoms with Gasteiger partial charge in [0, 0.05) is 13.1 Å². The molecule has 0 aromatic heterocycles. The van der Waals surface area contributed by atoms with Crippen molar-refractivity contribution in [2.24, 2.45) is 0 Å². The van der Waals surface area contributed by atoms with Crippen LogP contribution in [0.3, 0.4) is 0 Å². The van der Waals surface area contributed by atoms with Crippen molar-refractivity contribution in [1.29, 1.82) is 0 Å². The number of piperidine rings is 1. The highest BCUT2D eigenvalue weighted by Gasteiger charge is 2.27. The molecule has 1 unspecified atom stereocenters. The van der Waals surface area contributed by atoms with Gasteiger partial charge in [-0.3, -0.25) is 4.90 Å². The molecule has 0 amide bonds. The average Bonchev–Trinajstić information content (AvgIpc) is 1.85. The molecule has 1 aliphatic heterocycles. The topological polar surface area (TPSA) is 43.7 Å². The minimum Gasteiger partial charge on any atom is -0.395 e. The van der Waals surface area contributed by atoms with Crippen LogP contribution >= 0.6 is 0 Å². The summed E-state index contributed by atoms with van der Waals surface area (Å²) in [5, 5.41) is 18.3. The van der Waals surface area contributed by atoms with Gasteiger partial charge < -0.3 is 10.2 Å². The van der Waals surface area contributed by atoms with E-state index in [1.807, 2.05) is 6.92 Å². The van der Waals surface area contributed by atoms with Gasteiger partial charge in [-0.15, -0.1) is 0 Å². The van der Waals surface area contributed by atoms with Gasteiger partial charge >= 0.3 is 0 Å². The summed E-state index contributed by atoms with van der Waals surface area (Å²) in [5.41, 5.74) is -0.534. The molecule has 0 saturated carbocycles. The van der Waals surface area contributed by atoms with Gasteiger partial charge in [0.1, 0.15) is 0 Å². The van der Waals surface area contributed by atoms with Gasteiger partial charge in [-0.1, -0.05) is 0 Å². The Morgan fingerprint density at radius 2 is 2.27 bits per heavy atom. The van der Waals surface area contributed by atoms with Crippen LogP contribution in [0, 0.1) is 0 Å². The number of aliphatic hydroxyl groups excluding tert-OH is 1.